The fourth-order valence-corrected chi connectivity index (χ4v) is 3.70. The predicted molar refractivity (Wildman–Crippen MR) is 109 cm³/mol. The number of para-hydroxylation sites is 1. The maximum atomic E-state index is 13.4. The van der Waals surface area contributed by atoms with Crippen LogP contribution in [0.4, 0.5) is 10.1 Å². The van der Waals surface area contributed by atoms with Crippen molar-refractivity contribution in [1.82, 2.24) is 10.3 Å². The number of aromatic nitrogens is 1. The molecule has 0 atom stereocenters. The standard InChI is InChI=1S/C21H17FN4O2S/c1-13-18(29-21(25-13)14-6-4-7-16(22)11-14)9-10-24-19(27)20(28)26-17-8-3-2-5-15(17)12-23/h2-8,11H,9-10H2,1H3,(H,24,27)(H,26,28). The molecule has 0 saturated carbocycles. The van der Waals surface area contributed by atoms with Crippen LogP contribution in [0.3, 0.4) is 0 Å². The summed E-state index contributed by atoms with van der Waals surface area (Å²) in [4.78, 5) is 29.5. The molecule has 2 amide bonds. The van der Waals surface area contributed by atoms with Crippen LogP contribution in [0, 0.1) is 24.1 Å². The summed E-state index contributed by atoms with van der Waals surface area (Å²) in [5.41, 5.74) is 2.06. The van der Waals surface area contributed by atoms with Gasteiger partial charge in [0.2, 0.25) is 0 Å². The third kappa shape index (κ3) is 5.03. The summed E-state index contributed by atoms with van der Waals surface area (Å²) < 4.78 is 13.4. The number of benzene rings is 2. The van der Waals surface area contributed by atoms with Crippen LogP contribution in [-0.4, -0.2) is 23.3 Å². The minimum atomic E-state index is -0.839. The highest BCUT2D eigenvalue weighted by atomic mass is 32.1. The molecule has 146 valence electrons. The first-order valence-electron chi connectivity index (χ1n) is 8.78. The van der Waals surface area contributed by atoms with Gasteiger partial charge in [-0.05, 0) is 31.2 Å². The number of nitrogens with one attached hydrogen (secondary N) is 2. The van der Waals surface area contributed by atoms with E-state index >= 15 is 0 Å². The molecule has 0 saturated heterocycles. The van der Waals surface area contributed by atoms with E-state index in [9.17, 15) is 14.0 Å². The lowest BCUT2D eigenvalue weighted by molar-refractivity contribution is -0.136. The first-order valence-corrected chi connectivity index (χ1v) is 9.60. The zero-order valence-electron chi connectivity index (χ0n) is 15.5. The van der Waals surface area contributed by atoms with Gasteiger partial charge >= 0.3 is 11.8 Å². The number of anilines is 1. The van der Waals surface area contributed by atoms with Gasteiger partial charge in [0.05, 0.1) is 16.9 Å². The van der Waals surface area contributed by atoms with Gasteiger partial charge in [-0.15, -0.1) is 11.3 Å². The minimum Gasteiger partial charge on any atom is -0.347 e. The number of hydrogen-bond donors (Lipinski definition) is 2. The lowest BCUT2D eigenvalue weighted by Gasteiger charge is -2.07. The molecule has 2 aromatic carbocycles. The van der Waals surface area contributed by atoms with Crippen molar-refractivity contribution in [3.63, 3.8) is 0 Å². The summed E-state index contributed by atoms with van der Waals surface area (Å²) >= 11 is 1.42. The van der Waals surface area contributed by atoms with Gasteiger partial charge in [0.25, 0.3) is 0 Å². The van der Waals surface area contributed by atoms with Crippen LogP contribution in [0.2, 0.25) is 0 Å². The maximum Gasteiger partial charge on any atom is 0.313 e. The van der Waals surface area contributed by atoms with Gasteiger partial charge in [-0.25, -0.2) is 9.37 Å². The Bertz CT molecular complexity index is 1100. The van der Waals surface area contributed by atoms with Crippen molar-refractivity contribution in [2.24, 2.45) is 0 Å². The minimum absolute atomic E-state index is 0.248. The highest BCUT2D eigenvalue weighted by Gasteiger charge is 2.16. The van der Waals surface area contributed by atoms with Crippen molar-refractivity contribution >= 4 is 28.8 Å². The van der Waals surface area contributed by atoms with Crippen molar-refractivity contribution in [3.05, 3.63) is 70.5 Å². The number of aryl methyl sites for hydroxylation is 1. The largest absolute Gasteiger partial charge is 0.347 e. The summed E-state index contributed by atoms with van der Waals surface area (Å²) in [5, 5.41) is 14.7. The molecule has 3 aromatic rings. The van der Waals surface area contributed by atoms with E-state index in [2.05, 4.69) is 15.6 Å². The molecule has 29 heavy (non-hydrogen) atoms. The topological polar surface area (TPSA) is 94.9 Å². The molecule has 1 heterocycles. The van der Waals surface area contributed by atoms with Crippen LogP contribution in [-0.2, 0) is 16.0 Å². The zero-order chi connectivity index (χ0) is 20.8. The van der Waals surface area contributed by atoms with E-state index in [0.717, 1.165) is 10.6 Å². The first kappa shape index (κ1) is 20.2. The fourth-order valence-electron chi connectivity index (χ4n) is 2.64. The van der Waals surface area contributed by atoms with Crippen molar-refractivity contribution in [1.29, 1.82) is 5.26 Å². The molecule has 8 heteroatoms. The first-order chi connectivity index (χ1) is 14.0. The molecule has 6 nitrogen and oxygen atoms in total. The van der Waals surface area contributed by atoms with E-state index in [-0.39, 0.29) is 23.6 Å². The number of thiazole rings is 1. The van der Waals surface area contributed by atoms with Crippen molar-refractivity contribution in [2.45, 2.75) is 13.3 Å². The second kappa shape index (κ2) is 9.08. The van der Waals surface area contributed by atoms with Crippen molar-refractivity contribution in [3.8, 4) is 16.6 Å². The molecule has 3 rings (SSSR count). The van der Waals surface area contributed by atoms with Crippen LogP contribution in [0.15, 0.2) is 48.5 Å². The monoisotopic (exact) mass is 408 g/mol. The molecule has 0 bridgehead atoms. The second-order valence-electron chi connectivity index (χ2n) is 6.16. The van der Waals surface area contributed by atoms with E-state index in [1.807, 2.05) is 13.0 Å². The number of halogens is 1. The van der Waals surface area contributed by atoms with Crippen LogP contribution in [0.25, 0.3) is 10.6 Å². The third-order valence-electron chi connectivity index (χ3n) is 4.10. The summed E-state index contributed by atoms with van der Waals surface area (Å²) in [6, 6.07) is 14.6. The van der Waals surface area contributed by atoms with Gasteiger partial charge < -0.3 is 10.6 Å². The van der Waals surface area contributed by atoms with E-state index in [1.165, 1.54) is 23.5 Å². The summed E-state index contributed by atoms with van der Waals surface area (Å²) in [6.45, 7) is 2.10. The van der Waals surface area contributed by atoms with E-state index < -0.39 is 11.8 Å². The summed E-state index contributed by atoms with van der Waals surface area (Å²) in [6.07, 6.45) is 0.493. The zero-order valence-corrected chi connectivity index (χ0v) is 16.3. The average molecular weight is 408 g/mol. The Morgan fingerprint density at radius 1 is 1.17 bits per heavy atom. The summed E-state index contributed by atoms with van der Waals surface area (Å²) in [5.74, 6) is -1.95. The smallest absolute Gasteiger partial charge is 0.313 e. The third-order valence-corrected chi connectivity index (χ3v) is 5.37. The van der Waals surface area contributed by atoms with Gasteiger partial charge in [-0.3, -0.25) is 9.59 Å². The Kier molecular flexibility index (Phi) is 6.32. The second-order valence-corrected chi connectivity index (χ2v) is 7.24. The van der Waals surface area contributed by atoms with Crippen molar-refractivity contribution in [2.75, 3.05) is 11.9 Å². The molecule has 1 aromatic heterocycles. The van der Waals surface area contributed by atoms with Crippen LogP contribution >= 0.6 is 11.3 Å². The molecular weight excluding hydrogens is 391 g/mol. The molecule has 0 radical (unpaired) electrons. The Hall–Kier alpha value is -3.57. The van der Waals surface area contributed by atoms with Crippen LogP contribution in [0.5, 0.6) is 0 Å². The number of nitriles is 1. The fraction of sp³-hybridized carbons (Fsp3) is 0.143. The number of carbonyl (C=O) groups excluding carboxylic acids is 2. The molecular formula is C21H17FN4O2S. The molecule has 0 aliphatic carbocycles. The predicted octanol–water partition coefficient (Wildman–Crippen LogP) is 3.43. The lowest BCUT2D eigenvalue weighted by Crippen LogP contribution is -2.36. The van der Waals surface area contributed by atoms with E-state index in [4.69, 9.17) is 5.26 Å². The van der Waals surface area contributed by atoms with Gasteiger partial charge in [0.15, 0.2) is 0 Å². The van der Waals surface area contributed by atoms with Crippen LogP contribution < -0.4 is 10.6 Å². The molecule has 0 spiro atoms. The van der Waals surface area contributed by atoms with Crippen LogP contribution in [0.1, 0.15) is 16.1 Å². The van der Waals surface area contributed by atoms with Crippen molar-refractivity contribution < 1.29 is 14.0 Å². The Morgan fingerprint density at radius 2 is 1.97 bits per heavy atom. The quantitative estimate of drug-likeness (QED) is 0.633. The number of hydrogen-bond acceptors (Lipinski definition) is 5. The lowest BCUT2D eigenvalue weighted by atomic mass is 10.2. The maximum absolute atomic E-state index is 13.4. The molecule has 0 aliphatic heterocycles. The SMILES string of the molecule is Cc1nc(-c2cccc(F)c2)sc1CCNC(=O)C(=O)Nc1ccccc1C#N. The van der Waals surface area contributed by atoms with E-state index in [1.54, 1.807) is 36.4 Å². The molecule has 0 aliphatic rings. The Labute approximate surface area is 171 Å². The highest BCUT2D eigenvalue weighted by Crippen LogP contribution is 2.28. The Morgan fingerprint density at radius 3 is 2.72 bits per heavy atom. The number of amides is 2. The molecule has 0 fully saturated rings. The average Bonchev–Trinajstić information content (AvgIpc) is 3.09. The van der Waals surface area contributed by atoms with Gasteiger partial charge in [-0.2, -0.15) is 5.26 Å². The molecule has 2 N–H and O–H groups in total. The molecule has 0 unspecified atom stereocenters. The number of carbonyl (C=O) groups is 2. The normalized spacial score (nSPS) is 10.2. The highest BCUT2D eigenvalue weighted by molar-refractivity contribution is 7.15. The van der Waals surface area contributed by atoms with Gasteiger partial charge in [0.1, 0.15) is 16.9 Å². The summed E-state index contributed by atoms with van der Waals surface area (Å²) in [7, 11) is 0. The number of rotatable bonds is 5. The van der Waals surface area contributed by atoms with Gasteiger partial charge in [-0.1, -0.05) is 24.3 Å². The number of nitrogens with zero attached hydrogens (tertiary/aromatic N) is 2. The van der Waals surface area contributed by atoms with E-state index in [0.29, 0.717) is 17.0 Å². The van der Waals surface area contributed by atoms with Gasteiger partial charge in [0, 0.05) is 23.4 Å². The Balaban J connectivity index is 1.56.